The van der Waals surface area contributed by atoms with Crippen LogP contribution in [0.15, 0.2) is 46.0 Å². The van der Waals surface area contributed by atoms with Gasteiger partial charge in [-0.25, -0.2) is 14.2 Å². The molecule has 7 aliphatic rings. The summed E-state index contributed by atoms with van der Waals surface area (Å²) in [6.45, 7) is 1.81. The number of amidine groups is 1. The van der Waals surface area contributed by atoms with Gasteiger partial charge in [0, 0.05) is 22.7 Å². The number of carboxylic acids is 1. The van der Waals surface area contributed by atoms with Gasteiger partial charge in [-0.2, -0.15) is 0 Å². The van der Waals surface area contributed by atoms with Crippen molar-refractivity contribution < 1.29 is 23.8 Å². The Bertz CT molecular complexity index is 1360. The SMILES string of the molecule is COC(=O)C1=C(C23C4C5C2C2C3C4C52C(=O)O)NC(c2nccs2)=NC1c1ccc(F)cc1C. The summed E-state index contributed by atoms with van der Waals surface area (Å²) in [7, 11) is 1.36. The molecule has 2 heterocycles. The number of hydrogen-bond donors (Lipinski definition) is 2. The molecule has 172 valence electrons. The summed E-state index contributed by atoms with van der Waals surface area (Å²) in [5.74, 6) is 0.651. The molecule has 1 aliphatic heterocycles. The number of aromatic nitrogens is 1. The molecule has 1 aromatic heterocycles. The Morgan fingerprint density at radius 1 is 1.18 bits per heavy atom. The molecule has 7 nitrogen and oxygen atoms in total. The van der Waals surface area contributed by atoms with Crippen molar-refractivity contribution in [1.82, 2.24) is 10.3 Å². The van der Waals surface area contributed by atoms with Crippen LogP contribution in [-0.2, 0) is 14.3 Å². The third-order valence-corrected chi connectivity index (χ3v) is 10.8. The van der Waals surface area contributed by atoms with Gasteiger partial charge in [0.25, 0.3) is 0 Å². The number of rotatable bonds is 5. The highest BCUT2D eigenvalue weighted by Gasteiger charge is 3.12. The third-order valence-electron chi connectivity index (χ3n) is 10.0. The number of aliphatic imine (C=N–C) groups is 1. The summed E-state index contributed by atoms with van der Waals surface area (Å²) >= 11 is 1.45. The van der Waals surface area contributed by atoms with Crippen LogP contribution in [0.3, 0.4) is 0 Å². The summed E-state index contributed by atoms with van der Waals surface area (Å²) in [6.07, 6.45) is 1.71. The van der Waals surface area contributed by atoms with E-state index in [1.807, 2.05) is 12.3 Å². The lowest BCUT2D eigenvalue weighted by atomic mass is 8.92. The fourth-order valence-electron chi connectivity index (χ4n) is 9.29. The van der Waals surface area contributed by atoms with Gasteiger partial charge in [0.1, 0.15) is 11.9 Å². The number of allylic oxidation sites excluding steroid dienone is 1. The van der Waals surface area contributed by atoms with Gasteiger partial charge in [-0.05, 0) is 65.7 Å². The van der Waals surface area contributed by atoms with Crippen molar-refractivity contribution in [2.45, 2.75) is 13.0 Å². The average molecular weight is 478 g/mol. The molecule has 0 saturated heterocycles. The first kappa shape index (κ1) is 19.3. The molecule has 6 saturated carbocycles. The van der Waals surface area contributed by atoms with Crippen molar-refractivity contribution >= 4 is 29.1 Å². The highest BCUT2D eigenvalue weighted by molar-refractivity contribution is 7.11. The molecule has 0 spiro atoms. The molecule has 9 rings (SSSR count). The van der Waals surface area contributed by atoms with E-state index in [4.69, 9.17) is 9.73 Å². The van der Waals surface area contributed by atoms with E-state index in [9.17, 15) is 19.1 Å². The monoisotopic (exact) mass is 477 g/mol. The minimum Gasteiger partial charge on any atom is -0.481 e. The van der Waals surface area contributed by atoms with Crippen LogP contribution in [0.4, 0.5) is 4.39 Å². The molecule has 2 aromatic rings. The maximum absolute atomic E-state index is 13.9. The van der Waals surface area contributed by atoms with Gasteiger partial charge in [0.2, 0.25) is 0 Å². The summed E-state index contributed by atoms with van der Waals surface area (Å²) < 4.78 is 19.2. The fraction of sp³-hybridized carbons (Fsp3) is 0.440. The molecular formula is C25H20FN3O4S. The minimum atomic E-state index is -0.655. The Balaban J connectivity index is 1.30. The maximum atomic E-state index is 13.9. The number of methoxy groups -OCH3 is 1. The number of benzene rings is 1. The minimum absolute atomic E-state index is 0.203. The van der Waals surface area contributed by atoms with Crippen molar-refractivity contribution in [2.24, 2.45) is 51.3 Å². The number of esters is 1. The smallest absolute Gasteiger partial charge is 0.338 e. The number of halogens is 1. The maximum Gasteiger partial charge on any atom is 0.338 e. The molecule has 6 fully saturated rings. The summed E-state index contributed by atoms with van der Waals surface area (Å²) in [4.78, 5) is 34.6. The predicted molar refractivity (Wildman–Crippen MR) is 118 cm³/mol. The van der Waals surface area contributed by atoms with E-state index in [1.54, 1.807) is 12.3 Å². The zero-order valence-corrected chi connectivity index (χ0v) is 19.1. The van der Waals surface area contributed by atoms with Crippen LogP contribution < -0.4 is 5.32 Å². The van der Waals surface area contributed by atoms with Gasteiger partial charge < -0.3 is 15.2 Å². The van der Waals surface area contributed by atoms with Gasteiger partial charge in [-0.15, -0.1) is 11.3 Å². The number of nitrogens with one attached hydrogen (secondary N) is 1. The number of nitrogens with zero attached hydrogens (tertiary/aromatic N) is 2. The first-order valence-electron chi connectivity index (χ1n) is 11.5. The van der Waals surface area contributed by atoms with E-state index in [1.165, 1.54) is 30.6 Å². The second kappa shape index (κ2) is 5.59. The predicted octanol–water partition coefficient (Wildman–Crippen LogP) is 2.93. The van der Waals surface area contributed by atoms with E-state index < -0.39 is 23.4 Å². The molecule has 34 heavy (non-hydrogen) atoms. The Labute approximate surface area is 197 Å². The van der Waals surface area contributed by atoms with Crippen LogP contribution in [0, 0.1) is 59.1 Å². The zero-order chi connectivity index (χ0) is 23.3. The quantitative estimate of drug-likeness (QED) is 0.643. The van der Waals surface area contributed by atoms with Gasteiger partial charge >= 0.3 is 11.9 Å². The van der Waals surface area contributed by atoms with Crippen molar-refractivity contribution in [1.29, 1.82) is 0 Å². The number of ether oxygens (including phenoxy) is 1. The van der Waals surface area contributed by atoms with Crippen LogP contribution in [-0.4, -0.2) is 35.0 Å². The first-order chi connectivity index (χ1) is 16.4. The number of aryl methyl sites for hydroxylation is 1. The number of aliphatic carboxylic acids is 1. The van der Waals surface area contributed by atoms with Gasteiger partial charge in [0.15, 0.2) is 10.8 Å². The fourth-order valence-corrected chi connectivity index (χ4v) is 9.88. The summed E-state index contributed by atoms with van der Waals surface area (Å²) in [5, 5.41) is 16.0. The Morgan fingerprint density at radius 2 is 1.88 bits per heavy atom. The molecule has 0 amide bonds. The number of carboxylic acid groups (broad SMARTS) is 1. The molecular weight excluding hydrogens is 457 g/mol. The standard InChI is InChI=1S/C25H20FN3O4S/c1-8-7-9(26)3-4-10(8)18-11(22(30)33-2)19(29-20(28-18)21-27-5-6-34-21)24-12-15-13(24)17-14(24)16(12)25(15,17)23(31)32/h3-7,12-18H,1-2H3,(H,28,29)(H,31,32). The van der Waals surface area contributed by atoms with Crippen LogP contribution in [0.25, 0.3) is 0 Å². The second-order valence-corrected chi connectivity index (χ2v) is 11.3. The number of thiazole rings is 1. The Hall–Kier alpha value is -3.07. The summed E-state index contributed by atoms with van der Waals surface area (Å²) in [5.41, 5.74) is 2.03. The van der Waals surface area contributed by atoms with Crippen molar-refractivity contribution in [3.63, 3.8) is 0 Å². The summed E-state index contributed by atoms with van der Waals surface area (Å²) in [6, 6.07) is 3.87. The zero-order valence-electron chi connectivity index (χ0n) is 18.3. The highest BCUT2D eigenvalue weighted by Crippen LogP contribution is 3.11. The lowest BCUT2D eigenvalue weighted by molar-refractivity contribution is -0.633. The van der Waals surface area contributed by atoms with Gasteiger partial charge in [-0.3, -0.25) is 9.79 Å². The topological polar surface area (TPSA) is 101 Å². The first-order valence-corrected chi connectivity index (χ1v) is 12.3. The van der Waals surface area contributed by atoms with E-state index in [0.29, 0.717) is 22.0 Å². The van der Waals surface area contributed by atoms with E-state index >= 15 is 0 Å². The van der Waals surface area contributed by atoms with Crippen molar-refractivity contribution in [2.75, 3.05) is 7.11 Å². The second-order valence-electron chi connectivity index (χ2n) is 10.4. The highest BCUT2D eigenvalue weighted by atomic mass is 32.1. The number of hydrogen-bond acceptors (Lipinski definition) is 7. The largest absolute Gasteiger partial charge is 0.481 e. The molecule has 1 aromatic carbocycles. The number of carbonyl (C=O) groups is 2. The van der Waals surface area contributed by atoms with Crippen LogP contribution in [0.5, 0.6) is 0 Å². The van der Waals surface area contributed by atoms with Crippen LogP contribution in [0.2, 0.25) is 0 Å². The molecule has 1 atom stereocenters. The molecule has 0 radical (unpaired) electrons. The van der Waals surface area contributed by atoms with Crippen LogP contribution in [0.1, 0.15) is 22.2 Å². The normalized spacial score (nSPS) is 43.1. The van der Waals surface area contributed by atoms with Crippen LogP contribution >= 0.6 is 11.3 Å². The average Bonchev–Trinajstić information content (AvgIpc) is 3.37. The molecule has 2 N–H and O–H groups in total. The third kappa shape index (κ3) is 1.60. The molecule has 6 aliphatic carbocycles. The van der Waals surface area contributed by atoms with E-state index in [0.717, 1.165) is 11.3 Å². The van der Waals surface area contributed by atoms with Gasteiger partial charge in [0.05, 0.1) is 18.1 Å². The number of carbonyl (C=O) groups excluding carboxylic acids is 1. The Morgan fingerprint density at radius 3 is 2.44 bits per heavy atom. The van der Waals surface area contributed by atoms with E-state index in [-0.39, 0.29) is 46.7 Å². The van der Waals surface area contributed by atoms with Crippen molar-refractivity contribution in [3.8, 4) is 0 Å². The molecule has 1 unspecified atom stereocenters. The molecule has 9 heteroatoms. The lowest BCUT2D eigenvalue weighted by Gasteiger charge is -3.10. The lowest BCUT2D eigenvalue weighted by Crippen LogP contribution is -3.11. The Kier molecular flexibility index (Phi) is 3.17. The van der Waals surface area contributed by atoms with E-state index in [2.05, 4.69) is 10.3 Å². The molecule has 0 bridgehead atoms. The van der Waals surface area contributed by atoms with Crippen molar-refractivity contribution in [3.05, 3.63) is 63.0 Å². The van der Waals surface area contributed by atoms with Gasteiger partial charge in [-0.1, -0.05) is 6.07 Å².